The molecule has 0 atom stereocenters. The zero-order valence-corrected chi connectivity index (χ0v) is 6.65. The minimum atomic E-state index is -0.588. The fourth-order valence-corrected chi connectivity index (χ4v) is 1.02. The minimum Gasteiger partial charge on any atom is -0.493 e. The predicted octanol–water partition coefficient (Wildman–Crippen LogP) is 1.62. The number of halogens is 1. The summed E-state index contributed by atoms with van der Waals surface area (Å²) in [6, 6.07) is 4.45. The van der Waals surface area contributed by atoms with Crippen molar-refractivity contribution < 1.29 is 13.3 Å². The molecule has 0 amide bonds. The van der Waals surface area contributed by atoms with Crippen molar-refractivity contribution in [3.8, 4) is 5.75 Å². The van der Waals surface area contributed by atoms with Gasteiger partial charge in [0.2, 0.25) is 5.82 Å². The lowest BCUT2D eigenvalue weighted by molar-refractivity contribution is 0.381. The minimum absolute atomic E-state index is 0.0596. The van der Waals surface area contributed by atoms with Crippen LogP contribution in [0.25, 0.3) is 0 Å². The molecule has 0 saturated carbocycles. The van der Waals surface area contributed by atoms with Crippen molar-refractivity contribution in [2.45, 2.75) is 4.90 Å². The van der Waals surface area contributed by atoms with E-state index in [1.54, 1.807) is 6.07 Å². The van der Waals surface area contributed by atoms with E-state index in [0.717, 1.165) is 0 Å². The monoisotopic (exact) mass is 173 g/mol. The summed E-state index contributed by atoms with van der Waals surface area (Å²) < 4.78 is 27.8. The highest BCUT2D eigenvalue weighted by Gasteiger charge is 2.17. The topological polar surface area (TPSA) is 26.3 Å². The van der Waals surface area contributed by atoms with Gasteiger partial charge in [0.1, 0.15) is 0 Å². The van der Waals surface area contributed by atoms with Gasteiger partial charge in [0.15, 0.2) is 5.75 Å². The van der Waals surface area contributed by atoms with Crippen molar-refractivity contribution in [3.05, 3.63) is 24.0 Å². The molecule has 2 nitrogen and oxygen atoms in total. The Kier molecular flexibility index (Phi) is 2.48. The maximum atomic E-state index is 12.9. The van der Waals surface area contributed by atoms with Crippen LogP contribution in [0.3, 0.4) is 0 Å². The zero-order valence-electron chi connectivity index (χ0n) is 5.83. The Morgan fingerprint density at radius 1 is 1.55 bits per heavy atom. The normalized spacial score (nSPS) is 9.27. The van der Waals surface area contributed by atoms with Crippen LogP contribution in [0.4, 0.5) is 4.39 Å². The summed E-state index contributed by atoms with van der Waals surface area (Å²) in [5.41, 5.74) is 0. The Hall–Kier alpha value is -1.03. The molecule has 0 saturated heterocycles. The molecule has 0 radical (unpaired) electrons. The fourth-order valence-electron chi connectivity index (χ4n) is 0.713. The lowest BCUT2D eigenvalue weighted by Gasteiger charge is -1.96. The maximum absolute atomic E-state index is 12.9. The van der Waals surface area contributed by atoms with E-state index in [2.05, 4.69) is 4.74 Å². The van der Waals surface area contributed by atoms with Crippen LogP contribution in [0.2, 0.25) is 0 Å². The number of hydrogen-bond acceptors (Lipinski definition) is 2. The highest BCUT2D eigenvalue weighted by atomic mass is 32.1. The van der Waals surface area contributed by atoms with E-state index < -0.39 is 5.82 Å². The lowest BCUT2D eigenvalue weighted by Crippen LogP contribution is -1.90. The van der Waals surface area contributed by atoms with Crippen LogP contribution < -0.4 is 4.74 Å². The molecule has 1 aromatic rings. The van der Waals surface area contributed by atoms with Gasteiger partial charge in [-0.15, -0.1) is 0 Å². The van der Waals surface area contributed by atoms with Crippen LogP contribution in [0, 0.1) is 5.82 Å². The van der Waals surface area contributed by atoms with E-state index in [0.29, 0.717) is 0 Å². The standard InChI is InChI=1S/C7H6FO2S/c1-10-5-3-2-4-6(11-9)7(5)8/h2-4H,1H3/q+1. The van der Waals surface area contributed by atoms with Gasteiger partial charge in [-0.25, -0.2) is 0 Å². The van der Waals surface area contributed by atoms with E-state index in [-0.39, 0.29) is 22.3 Å². The van der Waals surface area contributed by atoms with Gasteiger partial charge in [0.05, 0.1) is 7.11 Å². The molecule has 0 aliphatic carbocycles. The Morgan fingerprint density at radius 3 is 2.82 bits per heavy atom. The summed E-state index contributed by atoms with van der Waals surface area (Å²) in [5, 5.41) is 0. The highest BCUT2D eigenvalue weighted by molar-refractivity contribution is 7.65. The van der Waals surface area contributed by atoms with Crippen molar-refractivity contribution in [1.29, 1.82) is 0 Å². The van der Waals surface area contributed by atoms with Crippen LogP contribution in [-0.4, -0.2) is 7.11 Å². The summed E-state index contributed by atoms with van der Waals surface area (Å²) in [7, 11) is 1.36. The number of rotatable bonds is 2. The van der Waals surface area contributed by atoms with Crippen molar-refractivity contribution in [3.63, 3.8) is 0 Å². The van der Waals surface area contributed by atoms with Crippen molar-refractivity contribution in [2.24, 2.45) is 0 Å². The van der Waals surface area contributed by atoms with Crippen LogP contribution in [-0.2, 0) is 15.9 Å². The lowest BCUT2D eigenvalue weighted by atomic mass is 10.3. The fraction of sp³-hybridized carbons (Fsp3) is 0.143. The number of benzene rings is 1. The molecular formula is C7H6FO2S+. The second-order valence-electron chi connectivity index (χ2n) is 1.86. The van der Waals surface area contributed by atoms with Crippen LogP contribution in [0.1, 0.15) is 0 Å². The molecular weight excluding hydrogens is 167 g/mol. The van der Waals surface area contributed by atoms with Gasteiger partial charge >= 0.3 is 16.6 Å². The van der Waals surface area contributed by atoms with Gasteiger partial charge in [0.25, 0.3) is 0 Å². The summed E-state index contributed by atoms with van der Waals surface area (Å²) in [6.45, 7) is 0. The SMILES string of the molecule is COc1cccc([S+]=O)c1F. The van der Waals surface area contributed by atoms with Crippen molar-refractivity contribution >= 4 is 11.7 Å². The Labute approximate surface area is 67.5 Å². The quantitative estimate of drug-likeness (QED) is 0.635. The predicted molar refractivity (Wildman–Crippen MR) is 39.3 cm³/mol. The molecule has 58 valence electrons. The molecule has 0 heterocycles. The molecule has 0 aliphatic rings. The Bertz CT molecular complexity index is 275. The highest BCUT2D eigenvalue weighted by Crippen LogP contribution is 2.19. The maximum Gasteiger partial charge on any atom is 0.508 e. The molecule has 0 bridgehead atoms. The molecule has 1 aromatic carbocycles. The van der Waals surface area contributed by atoms with Gasteiger partial charge in [-0.2, -0.15) is 4.39 Å². The third-order valence-corrected chi connectivity index (χ3v) is 1.73. The Balaban J connectivity index is 3.20. The van der Waals surface area contributed by atoms with E-state index in [4.69, 9.17) is 0 Å². The molecule has 0 fully saturated rings. The van der Waals surface area contributed by atoms with Gasteiger partial charge in [0, 0.05) is 10.3 Å². The number of methoxy groups -OCH3 is 1. The first kappa shape index (κ1) is 8.07. The van der Waals surface area contributed by atoms with Gasteiger partial charge < -0.3 is 4.74 Å². The van der Waals surface area contributed by atoms with Crippen molar-refractivity contribution in [2.75, 3.05) is 7.11 Å². The van der Waals surface area contributed by atoms with Crippen LogP contribution >= 0.6 is 0 Å². The van der Waals surface area contributed by atoms with Crippen LogP contribution in [0.5, 0.6) is 5.75 Å². The molecule has 0 spiro atoms. The summed E-state index contributed by atoms with van der Waals surface area (Å²) in [4.78, 5) is 0.0596. The molecule has 0 aliphatic heterocycles. The van der Waals surface area contributed by atoms with E-state index in [1.165, 1.54) is 19.2 Å². The van der Waals surface area contributed by atoms with Crippen molar-refractivity contribution in [1.82, 2.24) is 0 Å². The van der Waals surface area contributed by atoms with Crippen LogP contribution in [0.15, 0.2) is 23.1 Å². The second kappa shape index (κ2) is 3.39. The summed E-state index contributed by atoms with van der Waals surface area (Å²) in [5.74, 6) is -0.485. The molecule has 0 N–H and O–H groups in total. The van der Waals surface area contributed by atoms with E-state index in [9.17, 15) is 8.60 Å². The summed E-state index contributed by atoms with van der Waals surface area (Å²) >= 11 is 0.120. The molecule has 4 heteroatoms. The smallest absolute Gasteiger partial charge is 0.493 e. The number of hydrogen-bond donors (Lipinski definition) is 0. The first-order valence-corrected chi connectivity index (χ1v) is 3.66. The first-order valence-electron chi connectivity index (χ1n) is 2.92. The zero-order chi connectivity index (χ0) is 8.27. The largest absolute Gasteiger partial charge is 0.508 e. The van der Waals surface area contributed by atoms with Gasteiger partial charge in [-0.1, -0.05) is 6.07 Å². The average Bonchev–Trinajstić information content (AvgIpc) is 2.05. The Morgan fingerprint density at radius 2 is 2.27 bits per heavy atom. The van der Waals surface area contributed by atoms with Gasteiger partial charge in [-0.05, 0) is 6.07 Å². The third kappa shape index (κ3) is 1.51. The second-order valence-corrected chi connectivity index (χ2v) is 2.46. The molecule has 0 unspecified atom stereocenters. The number of ether oxygens (including phenoxy) is 1. The van der Waals surface area contributed by atoms with E-state index >= 15 is 0 Å². The third-order valence-electron chi connectivity index (χ3n) is 1.24. The average molecular weight is 173 g/mol. The van der Waals surface area contributed by atoms with E-state index in [1.807, 2.05) is 0 Å². The van der Waals surface area contributed by atoms with Gasteiger partial charge in [-0.3, -0.25) is 0 Å². The first-order chi connectivity index (χ1) is 5.29. The molecule has 1 rings (SSSR count). The molecule has 0 aromatic heterocycles. The summed E-state index contributed by atoms with van der Waals surface area (Å²) in [6.07, 6.45) is 0. The molecule has 11 heavy (non-hydrogen) atoms.